The highest BCUT2D eigenvalue weighted by atomic mass is 16.6. The van der Waals surface area contributed by atoms with Gasteiger partial charge >= 0.3 is 12.1 Å². The predicted molar refractivity (Wildman–Crippen MR) is 82.4 cm³/mol. The first kappa shape index (κ1) is 15.1. The van der Waals surface area contributed by atoms with Crippen molar-refractivity contribution in [1.29, 1.82) is 0 Å². The smallest absolute Gasteiger partial charge is 0.416 e. The Kier molecular flexibility index (Phi) is 4.01. The van der Waals surface area contributed by atoms with Crippen molar-refractivity contribution >= 4 is 17.9 Å². The summed E-state index contributed by atoms with van der Waals surface area (Å²) in [5, 5.41) is 13.3. The molecule has 2 heterocycles. The molecule has 23 heavy (non-hydrogen) atoms. The molecule has 0 saturated heterocycles. The topological polar surface area (TPSA) is 84.7 Å². The van der Waals surface area contributed by atoms with Gasteiger partial charge in [0.1, 0.15) is 12.2 Å². The van der Waals surface area contributed by atoms with Gasteiger partial charge in [0.15, 0.2) is 5.82 Å². The summed E-state index contributed by atoms with van der Waals surface area (Å²) in [5.74, 6) is -0.824. The summed E-state index contributed by atoms with van der Waals surface area (Å²) in [4.78, 5) is 25.2. The summed E-state index contributed by atoms with van der Waals surface area (Å²) >= 11 is 0. The van der Waals surface area contributed by atoms with Crippen LogP contribution in [-0.2, 0) is 17.9 Å². The molecule has 1 aliphatic heterocycles. The Morgan fingerprint density at radius 3 is 2.78 bits per heavy atom. The highest BCUT2D eigenvalue weighted by molar-refractivity contribution is 5.99. The lowest BCUT2D eigenvalue weighted by Gasteiger charge is -2.33. The number of rotatable bonds is 3. The van der Waals surface area contributed by atoms with Gasteiger partial charge in [0.05, 0.1) is 6.20 Å². The molecule has 1 aromatic heterocycles. The molecular weight excluding hydrogens is 298 g/mol. The van der Waals surface area contributed by atoms with Gasteiger partial charge in [-0.2, -0.15) is 5.10 Å². The number of benzene rings is 1. The maximum absolute atomic E-state index is 12.5. The number of carboxylic acids is 1. The number of aromatic nitrogens is 2. The number of aromatic carboxylic acids is 1. The Balaban J connectivity index is 1.83. The van der Waals surface area contributed by atoms with Crippen LogP contribution >= 0.6 is 0 Å². The summed E-state index contributed by atoms with van der Waals surface area (Å²) < 4.78 is 6.89. The van der Waals surface area contributed by atoms with Crippen molar-refractivity contribution in [3.8, 4) is 0 Å². The lowest BCUT2D eigenvalue weighted by molar-refractivity contribution is 0.0697. The van der Waals surface area contributed by atoms with Crippen molar-refractivity contribution in [1.82, 2.24) is 9.78 Å². The molecule has 3 rings (SSSR count). The van der Waals surface area contributed by atoms with Crippen molar-refractivity contribution in [2.75, 3.05) is 4.90 Å². The summed E-state index contributed by atoms with van der Waals surface area (Å²) in [5.41, 5.74) is 0.880. The van der Waals surface area contributed by atoms with Crippen molar-refractivity contribution in [3.05, 3.63) is 47.7 Å². The standard InChI is InChI=1S/C16H17N3O4/c1-11-7-8-18-14(13(9-17-18)15(20)21)19(11)16(22)23-10-12-5-3-2-4-6-12/h2-6,9,11H,7-8,10H2,1H3,(H,20,21). The van der Waals surface area contributed by atoms with E-state index in [-0.39, 0.29) is 24.0 Å². The Hall–Kier alpha value is -2.83. The monoisotopic (exact) mass is 315 g/mol. The van der Waals surface area contributed by atoms with Gasteiger partial charge in [0, 0.05) is 12.6 Å². The molecule has 1 aromatic carbocycles. The van der Waals surface area contributed by atoms with Crippen molar-refractivity contribution < 1.29 is 19.4 Å². The predicted octanol–water partition coefficient (Wildman–Crippen LogP) is 2.52. The van der Waals surface area contributed by atoms with E-state index >= 15 is 0 Å². The Morgan fingerprint density at radius 2 is 2.09 bits per heavy atom. The Labute approximate surface area is 133 Å². The van der Waals surface area contributed by atoms with E-state index in [1.54, 1.807) is 0 Å². The van der Waals surface area contributed by atoms with Crippen LogP contribution in [0.2, 0.25) is 0 Å². The van der Waals surface area contributed by atoms with E-state index in [4.69, 9.17) is 4.74 Å². The third kappa shape index (κ3) is 2.90. The number of hydrogen-bond acceptors (Lipinski definition) is 4. The summed E-state index contributed by atoms with van der Waals surface area (Å²) in [6, 6.07) is 9.19. The average molecular weight is 315 g/mol. The molecule has 1 atom stereocenters. The summed E-state index contributed by atoms with van der Waals surface area (Å²) in [6.45, 7) is 2.58. The number of ether oxygens (including phenoxy) is 1. The first-order valence-electron chi connectivity index (χ1n) is 7.37. The van der Waals surface area contributed by atoms with Crippen molar-refractivity contribution in [2.45, 2.75) is 32.5 Å². The molecular formula is C16H17N3O4. The van der Waals surface area contributed by atoms with Gasteiger partial charge in [-0.05, 0) is 18.9 Å². The fraction of sp³-hybridized carbons (Fsp3) is 0.312. The van der Waals surface area contributed by atoms with E-state index in [0.717, 1.165) is 5.56 Å². The zero-order chi connectivity index (χ0) is 16.4. The van der Waals surface area contributed by atoms with E-state index in [9.17, 15) is 14.7 Å². The van der Waals surface area contributed by atoms with Gasteiger partial charge in [-0.3, -0.25) is 4.90 Å². The molecule has 0 saturated carbocycles. The first-order valence-corrected chi connectivity index (χ1v) is 7.37. The number of amides is 1. The highest BCUT2D eigenvalue weighted by Gasteiger charge is 2.34. The second-order valence-electron chi connectivity index (χ2n) is 5.46. The third-order valence-electron chi connectivity index (χ3n) is 3.87. The molecule has 1 amide bonds. The fourth-order valence-electron chi connectivity index (χ4n) is 2.65. The number of fused-ring (bicyclic) bond motifs is 1. The normalized spacial score (nSPS) is 16.7. The van der Waals surface area contributed by atoms with Crippen LogP contribution in [0.4, 0.5) is 10.6 Å². The van der Waals surface area contributed by atoms with Gasteiger partial charge < -0.3 is 9.84 Å². The van der Waals surface area contributed by atoms with E-state index < -0.39 is 12.1 Å². The van der Waals surface area contributed by atoms with Crippen LogP contribution in [0.25, 0.3) is 0 Å². The van der Waals surface area contributed by atoms with Crippen LogP contribution in [0.1, 0.15) is 29.3 Å². The van der Waals surface area contributed by atoms with Gasteiger partial charge in [-0.15, -0.1) is 0 Å². The lowest BCUT2D eigenvalue weighted by atomic mass is 10.1. The van der Waals surface area contributed by atoms with Gasteiger partial charge in [0.25, 0.3) is 0 Å². The molecule has 2 aromatic rings. The molecule has 7 heteroatoms. The zero-order valence-corrected chi connectivity index (χ0v) is 12.7. The number of anilines is 1. The number of aryl methyl sites for hydroxylation is 1. The minimum absolute atomic E-state index is 0.00760. The Morgan fingerprint density at radius 1 is 1.35 bits per heavy atom. The summed E-state index contributed by atoms with van der Waals surface area (Å²) in [7, 11) is 0. The fourth-order valence-corrected chi connectivity index (χ4v) is 2.65. The van der Waals surface area contributed by atoms with E-state index in [1.807, 2.05) is 37.3 Å². The van der Waals surface area contributed by atoms with Crippen molar-refractivity contribution in [3.63, 3.8) is 0 Å². The lowest BCUT2D eigenvalue weighted by Crippen LogP contribution is -2.44. The quantitative estimate of drug-likeness (QED) is 0.940. The highest BCUT2D eigenvalue weighted by Crippen LogP contribution is 2.29. The second-order valence-corrected chi connectivity index (χ2v) is 5.46. The maximum Gasteiger partial charge on any atom is 0.416 e. The van der Waals surface area contributed by atoms with Crippen LogP contribution in [0.15, 0.2) is 36.5 Å². The molecule has 1 N–H and O–H groups in total. The largest absolute Gasteiger partial charge is 0.477 e. The molecule has 1 aliphatic rings. The number of nitrogens with zero attached hydrogens (tertiary/aromatic N) is 3. The van der Waals surface area contributed by atoms with E-state index in [0.29, 0.717) is 13.0 Å². The molecule has 0 fully saturated rings. The Bertz CT molecular complexity index is 726. The van der Waals surface area contributed by atoms with E-state index in [1.165, 1.54) is 15.8 Å². The van der Waals surface area contributed by atoms with Gasteiger partial charge in [-0.1, -0.05) is 30.3 Å². The van der Waals surface area contributed by atoms with E-state index in [2.05, 4.69) is 5.10 Å². The number of carbonyl (C=O) groups is 2. The SMILES string of the molecule is CC1CCn2ncc(C(=O)O)c2N1C(=O)OCc1ccccc1. The van der Waals surface area contributed by atoms with Crippen molar-refractivity contribution in [2.24, 2.45) is 0 Å². The number of hydrogen-bond donors (Lipinski definition) is 1. The summed E-state index contributed by atoms with van der Waals surface area (Å²) in [6.07, 6.45) is 1.40. The minimum Gasteiger partial charge on any atom is -0.477 e. The zero-order valence-electron chi connectivity index (χ0n) is 12.7. The van der Waals surface area contributed by atoms with Crippen LogP contribution < -0.4 is 4.90 Å². The molecule has 0 radical (unpaired) electrons. The molecule has 0 spiro atoms. The molecule has 0 bridgehead atoms. The molecule has 0 aliphatic carbocycles. The van der Waals surface area contributed by atoms with Crippen LogP contribution in [-0.4, -0.2) is 33.0 Å². The second kappa shape index (κ2) is 6.12. The van der Waals surface area contributed by atoms with Gasteiger partial charge in [-0.25, -0.2) is 14.3 Å². The molecule has 1 unspecified atom stereocenters. The first-order chi connectivity index (χ1) is 11.1. The van der Waals surface area contributed by atoms with Gasteiger partial charge in [0.2, 0.25) is 0 Å². The van der Waals surface area contributed by atoms with Crippen LogP contribution in [0, 0.1) is 0 Å². The molecule has 7 nitrogen and oxygen atoms in total. The molecule has 120 valence electrons. The third-order valence-corrected chi connectivity index (χ3v) is 3.87. The average Bonchev–Trinajstić information content (AvgIpc) is 2.97. The number of carboxylic acid groups (broad SMARTS) is 1. The van der Waals surface area contributed by atoms with Crippen LogP contribution in [0.5, 0.6) is 0 Å². The van der Waals surface area contributed by atoms with Crippen LogP contribution in [0.3, 0.4) is 0 Å². The minimum atomic E-state index is -1.11. The maximum atomic E-state index is 12.5. The number of carbonyl (C=O) groups excluding carboxylic acids is 1.